The van der Waals surface area contributed by atoms with Crippen molar-refractivity contribution in [1.82, 2.24) is 4.90 Å². The Morgan fingerprint density at radius 2 is 2.29 bits per heavy atom. The SMILES string of the molecule is NCC1CCN(C(=O)Nc2ccccc2Cl)C1. The van der Waals surface area contributed by atoms with Gasteiger partial charge in [0.1, 0.15) is 0 Å². The molecule has 1 fully saturated rings. The largest absolute Gasteiger partial charge is 0.330 e. The summed E-state index contributed by atoms with van der Waals surface area (Å²) in [5.74, 6) is 0.423. The molecule has 1 heterocycles. The Bertz CT molecular complexity index is 410. The van der Waals surface area contributed by atoms with Gasteiger partial charge in [-0.1, -0.05) is 23.7 Å². The molecule has 1 saturated heterocycles. The third kappa shape index (κ3) is 2.90. The maximum Gasteiger partial charge on any atom is 0.321 e. The first-order valence-electron chi connectivity index (χ1n) is 5.71. The van der Waals surface area contributed by atoms with Crippen molar-refractivity contribution in [3.63, 3.8) is 0 Å². The summed E-state index contributed by atoms with van der Waals surface area (Å²) in [6.45, 7) is 2.13. The van der Waals surface area contributed by atoms with Crippen LogP contribution < -0.4 is 11.1 Å². The second-order valence-corrected chi connectivity index (χ2v) is 4.65. The summed E-state index contributed by atoms with van der Waals surface area (Å²) >= 11 is 5.98. The highest BCUT2D eigenvalue weighted by Crippen LogP contribution is 2.22. The monoisotopic (exact) mass is 253 g/mol. The van der Waals surface area contributed by atoms with Crippen molar-refractivity contribution in [2.75, 3.05) is 25.0 Å². The molecule has 0 bridgehead atoms. The van der Waals surface area contributed by atoms with Crippen molar-refractivity contribution < 1.29 is 4.79 Å². The zero-order valence-corrected chi connectivity index (χ0v) is 10.3. The van der Waals surface area contributed by atoms with Crippen molar-refractivity contribution in [2.24, 2.45) is 11.7 Å². The molecule has 5 heteroatoms. The van der Waals surface area contributed by atoms with E-state index in [2.05, 4.69) is 5.32 Å². The molecule has 2 rings (SSSR count). The average molecular weight is 254 g/mol. The lowest BCUT2D eigenvalue weighted by Gasteiger charge is -2.17. The number of benzene rings is 1. The molecular formula is C12H16ClN3O. The van der Waals surface area contributed by atoms with Crippen LogP contribution in [0.25, 0.3) is 0 Å². The van der Waals surface area contributed by atoms with E-state index in [-0.39, 0.29) is 6.03 Å². The zero-order chi connectivity index (χ0) is 12.3. The normalized spacial score (nSPS) is 19.4. The van der Waals surface area contributed by atoms with Crippen molar-refractivity contribution in [1.29, 1.82) is 0 Å². The lowest BCUT2D eigenvalue weighted by molar-refractivity contribution is 0.221. The first-order valence-corrected chi connectivity index (χ1v) is 6.09. The van der Waals surface area contributed by atoms with Gasteiger partial charge in [0, 0.05) is 13.1 Å². The van der Waals surface area contributed by atoms with E-state index >= 15 is 0 Å². The molecule has 92 valence electrons. The summed E-state index contributed by atoms with van der Waals surface area (Å²) in [5, 5.41) is 3.36. The van der Waals surface area contributed by atoms with Crippen molar-refractivity contribution in [3.05, 3.63) is 29.3 Å². The van der Waals surface area contributed by atoms with Crippen LogP contribution in [0.2, 0.25) is 5.02 Å². The van der Waals surface area contributed by atoms with Gasteiger partial charge < -0.3 is 16.0 Å². The van der Waals surface area contributed by atoms with E-state index in [4.69, 9.17) is 17.3 Å². The third-order valence-corrected chi connectivity index (χ3v) is 3.35. The van der Waals surface area contributed by atoms with E-state index in [1.54, 1.807) is 17.0 Å². The lowest BCUT2D eigenvalue weighted by atomic mass is 10.1. The molecule has 1 aliphatic heterocycles. The molecule has 0 spiro atoms. The number of carbonyl (C=O) groups is 1. The number of halogens is 1. The van der Waals surface area contributed by atoms with Gasteiger partial charge in [-0.3, -0.25) is 0 Å². The molecule has 1 aromatic rings. The van der Waals surface area contributed by atoms with Crippen LogP contribution in [-0.4, -0.2) is 30.6 Å². The summed E-state index contributed by atoms with van der Waals surface area (Å²) in [6.07, 6.45) is 0.979. The summed E-state index contributed by atoms with van der Waals surface area (Å²) < 4.78 is 0. The average Bonchev–Trinajstić information content (AvgIpc) is 2.81. The van der Waals surface area contributed by atoms with Gasteiger partial charge in [0.2, 0.25) is 0 Å². The van der Waals surface area contributed by atoms with Crippen molar-refractivity contribution in [3.8, 4) is 0 Å². The molecule has 2 amide bonds. The Balaban J connectivity index is 1.96. The van der Waals surface area contributed by atoms with Crippen LogP contribution in [0, 0.1) is 5.92 Å². The number of anilines is 1. The summed E-state index contributed by atoms with van der Waals surface area (Å²) in [4.78, 5) is 13.7. The van der Waals surface area contributed by atoms with E-state index in [1.165, 1.54) is 0 Å². The van der Waals surface area contributed by atoms with Gasteiger partial charge in [-0.05, 0) is 31.0 Å². The molecule has 3 N–H and O–H groups in total. The smallest absolute Gasteiger partial charge is 0.321 e. The standard InChI is InChI=1S/C12H16ClN3O/c13-10-3-1-2-4-11(10)15-12(17)16-6-5-9(7-14)8-16/h1-4,9H,5-8,14H2,(H,15,17). The summed E-state index contributed by atoms with van der Waals surface area (Å²) in [7, 11) is 0. The van der Waals surface area contributed by atoms with E-state index in [9.17, 15) is 4.79 Å². The van der Waals surface area contributed by atoms with Crippen LogP contribution in [0.1, 0.15) is 6.42 Å². The van der Waals surface area contributed by atoms with Crippen LogP contribution in [0.4, 0.5) is 10.5 Å². The minimum Gasteiger partial charge on any atom is -0.330 e. The van der Waals surface area contributed by atoms with Gasteiger partial charge >= 0.3 is 6.03 Å². The number of carbonyl (C=O) groups excluding carboxylic acids is 1. The molecule has 0 aromatic heterocycles. The quantitative estimate of drug-likeness (QED) is 0.849. The Morgan fingerprint density at radius 1 is 1.53 bits per heavy atom. The number of nitrogens with one attached hydrogen (secondary N) is 1. The zero-order valence-electron chi connectivity index (χ0n) is 9.53. The van der Waals surface area contributed by atoms with Crippen molar-refractivity contribution >= 4 is 23.3 Å². The number of nitrogens with zero attached hydrogens (tertiary/aromatic N) is 1. The first kappa shape index (κ1) is 12.2. The van der Waals surface area contributed by atoms with Gasteiger partial charge in [-0.2, -0.15) is 0 Å². The van der Waals surface area contributed by atoms with E-state index in [0.29, 0.717) is 23.2 Å². The molecule has 17 heavy (non-hydrogen) atoms. The van der Waals surface area contributed by atoms with Crippen molar-refractivity contribution in [2.45, 2.75) is 6.42 Å². The van der Waals surface area contributed by atoms with E-state index in [0.717, 1.165) is 19.5 Å². The number of likely N-dealkylation sites (tertiary alicyclic amines) is 1. The van der Waals surface area contributed by atoms with Gasteiger partial charge in [-0.15, -0.1) is 0 Å². The topological polar surface area (TPSA) is 58.4 Å². The highest BCUT2D eigenvalue weighted by Gasteiger charge is 2.25. The van der Waals surface area contributed by atoms with Crippen LogP contribution in [0.5, 0.6) is 0 Å². The third-order valence-electron chi connectivity index (χ3n) is 3.02. The number of amides is 2. The molecule has 0 aliphatic carbocycles. The molecule has 0 radical (unpaired) electrons. The minimum atomic E-state index is -0.103. The molecule has 1 unspecified atom stereocenters. The Hall–Kier alpha value is -1.26. The van der Waals surface area contributed by atoms with Gasteiger partial charge in [-0.25, -0.2) is 4.79 Å². The Labute approximate surface area is 106 Å². The Kier molecular flexibility index (Phi) is 3.86. The first-order chi connectivity index (χ1) is 8.20. The number of hydrogen-bond donors (Lipinski definition) is 2. The second kappa shape index (κ2) is 5.38. The van der Waals surface area contributed by atoms with Crippen LogP contribution in [-0.2, 0) is 0 Å². The van der Waals surface area contributed by atoms with Crippen LogP contribution in [0.3, 0.4) is 0 Å². The van der Waals surface area contributed by atoms with E-state index in [1.807, 2.05) is 12.1 Å². The molecular weight excluding hydrogens is 238 g/mol. The number of hydrogen-bond acceptors (Lipinski definition) is 2. The maximum atomic E-state index is 11.9. The summed E-state index contributed by atoms with van der Waals surface area (Å²) in [5.41, 5.74) is 6.24. The molecule has 1 aromatic carbocycles. The highest BCUT2D eigenvalue weighted by atomic mass is 35.5. The lowest BCUT2D eigenvalue weighted by Crippen LogP contribution is -2.33. The fraction of sp³-hybridized carbons (Fsp3) is 0.417. The summed E-state index contributed by atoms with van der Waals surface area (Å²) in [6, 6.07) is 7.11. The number of urea groups is 1. The van der Waals surface area contributed by atoms with Gasteiger partial charge in [0.15, 0.2) is 0 Å². The highest BCUT2D eigenvalue weighted by molar-refractivity contribution is 6.33. The minimum absolute atomic E-state index is 0.103. The number of rotatable bonds is 2. The number of nitrogens with two attached hydrogens (primary N) is 1. The van der Waals surface area contributed by atoms with Gasteiger partial charge in [0.25, 0.3) is 0 Å². The maximum absolute atomic E-state index is 11.9. The van der Waals surface area contributed by atoms with Crippen LogP contribution in [0.15, 0.2) is 24.3 Å². The van der Waals surface area contributed by atoms with Gasteiger partial charge in [0.05, 0.1) is 10.7 Å². The molecule has 4 nitrogen and oxygen atoms in total. The molecule has 1 atom stereocenters. The second-order valence-electron chi connectivity index (χ2n) is 4.25. The molecule has 0 saturated carbocycles. The van der Waals surface area contributed by atoms with E-state index < -0.39 is 0 Å². The fourth-order valence-corrected chi connectivity index (χ4v) is 2.15. The fourth-order valence-electron chi connectivity index (χ4n) is 1.97. The predicted octanol–water partition coefficient (Wildman–Crippen LogP) is 2.15. The van der Waals surface area contributed by atoms with Crippen LogP contribution >= 0.6 is 11.6 Å². The molecule has 1 aliphatic rings. The number of para-hydroxylation sites is 1. The predicted molar refractivity (Wildman–Crippen MR) is 69.2 cm³/mol. The Morgan fingerprint density at radius 3 is 2.94 bits per heavy atom.